The molecule has 0 fully saturated rings. The standard InChI is InChI=1S/C15H15N5OS/c1-10(11-6-4-3-5-7-11)20(2)15(21)12-8-22-14(18-12)13-16-9-17-19-13/h3-10H,1-2H3,(H,16,17,19)/t10-/m0/s1. The predicted octanol–water partition coefficient (Wildman–Crippen LogP) is 2.76. The topological polar surface area (TPSA) is 74.8 Å². The number of nitrogens with one attached hydrogen (secondary N) is 1. The van der Waals surface area contributed by atoms with Gasteiger partial charge in [-0.25, -0.2) is 9.97 Å². The van der Waals surface area contributed by atoms with Crippen LogP contribution in [0.5, 0.6) is 0 Å². The zero-order valence-corrected chi connectivity index (χ0v) is 13.0. The molecule has 0 aliphatic carbocycles. The summed E-state index contributed by atoms with van der Waals surface area (Å²) in [6.45, 7) is 2.00. The summed E-state index contributed by atoms with van der Waals surface area (Å²) in [5.41, 5.74) is 1.51. The zero-order valence-electron chi connectivity index (χ0n) is 12.2. The molecule has 3 aromatic rings. The maximum absolute atomic E-state index is 12.6. The van der Waals surface area contributed by atoms with Crippen molar-refractivity contribution in [3.05, 3.63) is 53.3 Å². The Morgan fingerprint density at radius 3 is 2.77 bits per heavy atom. The van der Waals surface area contributed by atoms with E-state index in [1.807, 2.05) is 37.3 Å². The van der Waals surface area contributed by atoms with Gasteiger partial charge in [0.25, 0.3) is 5.91 Å². The number of H-pyrrole nitrogens is 1. The molecule has 0 radical (unpaired) electrons. The lowest BCUT2D eigenvalue weighted by molar-refractivity contribution is 0.0737. The molecule has 0 unspecified atom stereocenters. The number of thiazole rings is 1. The highest BCUT2D eigenvalue weighted by molar-refractivity contribution is 7.13. The monoisotopic (exact) mass is 313 g/mol. The number of hydrogen-bond donors (Lipinski definition) is 1. The van der Waals surface area contributed by atoms with E-state index in [0.29, 0.717) is 16.5 Å². The average molecular weight is 313 g/mol. The van der Waals surface area contributed by atoms with E-state index in [0.717, 1.165) is 5.56 Å². The van der Waals surface area contributed by atoms with Crippen molar-refractivity contribution in [2.45, 2.75) is 13.0 Å². The van der Waals surface area contributed by atoms with E-state index < -0.39 is 0 Å². The van der Waals surface area contributed by atoms with Crippen LogP contribution in [0.3, 0.4) is 0 Å². The number of hydrogen-bond acceptors (Lipinski definition) is 5. The SMILES string of the molecule is C[C@@H](c1ccccc1)N(C)C(=O)c1csc(-c2ncn[nH]2)n1. The summed E-state index contributed by atoms with van der Waals surface area (Å²) in [7, 11) is 1.79. The summed E-state index contributed by atoms with van der Waals surface area (Å²) in [5, 5.41) is 8.94. The second kappa shape index (κ2) is 6.07. The molecule has 6 nitrogen and oxygen atoms in total. The lowest BCUT2D eigenvalue weighted by Crippen LogP contribution is -2.29. The molecule has 7 heteroatoms. The molecule has 2 heterocycles. The summed E-state index contributed by atoms with van der Waals surface area (Å²) < 4.78 is 0. The number of carbonyl (C=O) groups excluding carboxylic acids is 1. The zero-order chi connectivity index (χ0) is 15.5. The predicted molar refractivity (Wildman–Crippen MR) is 84.4 cm³/mol. The number of nitrogens with zero attached hydrogens (tertiary/aromatic N) is 4. The number of aromatic nitrogens is 4. The van der Waals surface area contributed by atoms with Crippen LogP contribution in [0.1, 0.15) is 29.0 Å². The molecule has 0 aliphatic rings. The number of carbonyl (C=O) groups is 1. The van der Waals surface area contributed by atoms with Gasteiger partial charge < -0.3 is 4.90 Å². The normalized spacial score (nSPS) is 12.1. The van der Waals surface area contributed by atoms with E-state index in [1.165, 1.54) is 17.7 Å². The van der Waals surface area contributed by atoms with Crippen LogP contribution in [0.15, 0.2) is 42.0 Å². The molecule has 1 N–H and O–H groups in total. The molecule has 1 atom stereocenters. The highest BCUT2D eigenvalue weighted by Gasteiger charge is 2.21. The highest BCUT2D eigenvalue weighted by Crippen LogP contribution is 2.23. The third kappa shape index (κ3) is 2.75. The molecule has 1 amide bonds. The van der Waals surface area contributed by atoms with E-state index in [2.05, 4.69) is 20.2 Å². The highest BCUT2D eigenvalue weighted by atomic mass is 32.1. The van der Waals surface area contributed by atoms with Gasteiger partial charge in [-0.2, -0.15) is 5.10 Å². The maximum atomic E-state index is 12.6. The molecule has 0 bridgehead atoms. The van der Waals surface area contributed by atoms with Gasteiger partial charge in [0.15, 0.2) is 10.8 Å². The fraction of sp³-hybridized carbons (Fsp3) is 0.200. The van der Waals surface area contributed by atoms with Crippen molar-refractivity contribution < 1.29 is 4.79 Å². The first-order valence-corrected chi connectivity index (χ1v) is 7.68. The molecular weight excluding hydrogens is 298 g/mol. The fourth-order valence-electron chi connectivity index (χ4n) is 2.10. The van der Waals surface area contributed by atoms with Crippen molar-refractivity contribution >= 4 is 17.2 Å². The molecule has 0 saturated heterocycles. The van der Waals surface area contributed by atoms with Crippen molar-refractivity contribution in [3.63, 3.8) is 0 Å². The Kier molecular flexibility index (Phi) is 3.97. The van der Waals surface area contributed by atoms with Crippen molar-refractivity contribution in [2.75, 3.05) is 7.05 Å². The lowest BCUT2D eigenvalue weighted by Gasteiger charge is -2.24. The number of aromatic amines is 1. The summed E-state index contributed by atoms with van der Waals surface area (Å²) >= 11 is 1.37. The van der Waals surface area contributed by atoms with Crippen LogP contribution in [-0.4, -0.2) is 38.0 Å². The Balaban J connectivity index is 1.79. The van der Waals surface area contributed by atoms with E-state index in [1.54, 1.807) is 17.3 Å². The first-order valence-electron chi connectivity index (χ1n) is 6.80. The lowest BCUT2D eigenvalue weighted by atomic mass is 10.1. The molecule has 22 heavy (non-hydrogen) atoms. The molecule has 0 aliphatic heterocycles. The van der Waals surface area contributed by atoms with E-state index >= 15 is 0 Å². The Bertz CT molecular complexity index is 753. The Morgan fingerprint density at radius 1 is 1.32 bits per heavy atom. The molecule has 3 rings (SSSR count). The number of amides is 1. The van der Waals surface area contributed by atoms with Gasteiger partial charge in [0.1, 0.15) is 12.0 Å². The van der Waals surface area contributed by atoms with Gasteiger partial charge in [-0.05, 0) is 12.5 Å². The minimum Gasteiger partial charge on any atom is -0.334 e. The van der Waals surface area contributed by atoms with Crippen molar-refractivity contribution in [2.24, 2.45) is 0 Å². The van der Waals surface area contributed by atoms with Crippen LogP contribution >= 0.6 is 11.3 Å². The minimum absolute atomic E-state index is 0.0240. The molecule has 112 valence electrons. The first-order chi connectivity index (χ1) is 10.7. The van der Waals surface area contributed by atoms with Crippen LogP contribution in [0, 0.1) is 0 Å². The molecular formula is C15H15N5OS. The second-order valence-corrected chi connectivity index (χ2v) is 5.73. The van der Waals surface area contributed by atoms with Crippen molar-refractivity contribution in [1.82, 2.24) is 25.1 Å². The molecule has 0 saturated carbocycles. The van der Waals surface area contributed by atoms with E-state index in [-0.39, 0.29) is 11.9 Å². The summed E-state index contributed by atoms with van der Waals surface area (Å²) in [6.07, 6.45) is 1.42. The van der Waals surface area contributed by atoms with E-state index in [9.17, 15) is 4.79 Å². The minimum atomic E-state index is -0.113. The van der Waals surface area contributed by atoms with Crippen LogP contribution in [0.2, 0.25) is 0 Å². The van der Waals surface area contributed by atoms with Gasteiger partial charge >= 0.3 is 0 Å². The smallest absolute Gasteiger partial charge is 0.273 e. The molecule has 0 spiro atoms. The number of rotatable bonds is 4. The summed E-state index contributed by atoms with van der Waals surface area (Å²) in [4.78, 5) is 22.6. The van der Waals surface area contributed by atoms with Gasteiger partial charge in [-0.1, -0.05) is 30.3 Å². The Morgan fingerprint density at radius 2 is 2.09 bits per heavy atom. The largest absolute Gasteiger partial charge is 0.334 e. The average Bonchev–Trinajstić information content (AvgIpc) is 3.24. The van der Waals surface area contributed by atoms with Gasteiger partial charge in [0.2, 0.25) is 0 Å². The summed E-state index contributed by atoms with van der Waals surface area (Å²) in [6, 6.07) is 9.89. The molecule has 1 aromatic carbocycles. The third-order valence-electron chi connectivity index (χ3n) is 3.52. The summed E-state index contributed by atoms with van der Waals surface area (Å²) in [5.74, 6) is 0.459. The van der Waals surface area contributed by atoms with Gasteiger partial charge in [-0.15, -0.1) is 11.3 Å². The van der Waals surface area contributed by atoms with E-state index in [4.69, 9.17) is 0 Å². The third-order valence-corrected chi connectivity index (χ3v) is 4.37. The Labute approximate surface area is 131 Å². The molecule has 2 aromatic heterocycles. The maximum Gasteiger partial charge on any atom is 0.273 e. The number of benzene rings is 1. The van der Waals surface area contributed by atoms with Crippen LogP contribution in [0.4, 0.5) is 0 Å². The van der Waals surface area contributed by atoms with Gasteiger partial charge in [-0.3, -0.25) is 9.89 Å². The van der Waals surface area contributed by atoms with Crippen LogP contribution in [0.25, 0.3) is 10.8 Å². The quantitative estimate of drug-likeness (QED) is 0.803. The van der Waals surface area contributed by atoms with Gasteiger partial charge in [0, 0.05) is 12.4 Å². The van der Waals surface area contributed by atoms with Crippen molar-refractivity contribution in [1.29, 1.82) is 0 Å². The Hall–Kier alpha value is -2.54. The van der Waals surface area contributed by atoms with Gasteiger partial charge in [0.05, 0.1) is 6.04 Å². The van der Waals surface area contributed by atoms with Crippen LogP contribution < -0.4 is 0 Å². The first kappa shape index (κ1) is 14.4. The second-order valence-electron chi connectivity index (χ2n) is 4.87. The van der Waals surface area contributed by atoms with Crippen LogP contribution in [-0.2, 0) is 0 Å². The fourth-order valence-corrected chi connectivity index (χ4v) is 2.84. The van der Waals surface area contributed by atoms with Crippen molar-refractivity contribution in [3.8, 4) is 10.8 Å².